The minimum absolute atomic E-state index is 0.00655. The highest BCUT2D eigenvalue weighted by Crippen LogP contribution is 2.42. The first-order valence-electron chi connectivity index (χ1n) is 12.7. The van der Waals surface area contributed by atoms with E-state index in [1.807, 2.05) is 41.1 Å². The molecule has 206 valence electrons. The summed E-state index contributed by atoms with van der Waals surface area (Å²) in [6.45, 7) is 5.41. The third-order valence-electron chi connectivity index (χ3n) is 6.61. The van der Waals surface area contributed by atoms with Gasteiger partial charge < -0.3 is 14.4 Å². The quantitative estimate of drug-likeness (QED) is 0.485. The molecule has 5 rings (SSSR count). The van der Waals surface area contributed by atoms with E-state index in [2.05, 4.69) is 0 Å². The van der Waals surface area contributed by atoms with Crippen LogP contribution in [0.15, 0.2) is 54.6 Å². The number of halogens is 1. The lowest BCUT2D eigenvalue weighted by atomic mass is 9.99. The molecule has 2 heterocycles. The van der Waals surface area contributed by atoms with Gasteiger partial charge in [-0.15, -0.1) is 0 Å². The van der Waals surface area contributed by atoms with Crippen molar-refractivity contribution in [2.24, 2.45) is 0 Å². The van der Waals surface area contributed by atoms with E-state index in [1.54, 1.807) is 43.9 Å². The predicted molar refractivity (Wildman–Crippen MR) is 144 cm³/mol. The van der Waals surface area contributed by atoms with Crippen LogP contribution in [0.4, 0.5) is 14.9 Å². The Kier molecular flexibility index (Phi) is 6.88. The van der Waals surface area contributed by atoms with E-state index in [1.165, 1.54) is 0 Å². The molecular weight excluding hydrogens is 525 g/mol. The summed E-state index contributed by atoms with van der Waals surface area (Å²) in [4.78, 5) is 26.5. The molecule has 2 saturated heterocycles. The predicted octanol–water partition coefficient (Wildman–Crippen LogP) is 4.81. The van der Waals surface area contributed by atoms with E-state index in [9.17, 15) is 18.0 Å². The smallest absolute Gasteiger partial charge is 0.410 e. The molecule has 2 aliphatic heterocycles. The van der Waals surface area contributed by atoms with Gasteiger partial charge in [-0.1, -0.05) is 42.5 Å². The minimum atomic E-state index is -4.30. The number of nitrogens with zero attached hydrogens (tertiary/aromatic N) is 2. The highest BCUT2D eigenvalue weighted by molar-refractivity contribution is 7.92. The zero-order chi connectivity index (χ0) is 27.9. The van der Waals surface area contributed by atoms with Crippen LogP contribution >= 0.6 is 0 Å². The first kappa shape index (κ1) is 26.7. The summed E-state index contributed by atoms with van der Waals surface area (Å²) < 4.78 is 55.8. The van der Waals surface area contributed by atoms with Crippen molar-refractivity contribution in [1.82, 2.24) is 9.62 Å². The monoisotopic (exact) mass is 555 g/mol. The molecule has 3 aromatic carbocycles. The molecular formula is C28H30FN3O6S. The van der Waals surface area contributed by atoms with Crippen molar-refractivity contribution < 1.29 is 31.9 Å². The molecule has 0 bridgehead atoms. The Labute approximate surface area is 226 Å². The topological polar surface area (TPSA) is 105 Å². The largest absolute Gasteiger partial charge is 0.487 e. The van der Waals surface area contributed by atoms with E-state index < -0.39 is 40.2 Å². The highest BCUT2D eigenvalue weighted by Gasteiger charge is 2.39. The number of nitrogens with one attached hydrogen (secondary N) is 1. The van der Waals surface area contributed by atoms with E-state index in [4.69, 9.17) is 9.47 Å². The molecule has 1 atom stereocenters. The molecule has 11 heteroatoms. The fourth-order valence-corrected chi connectivity index (χ4v) is 6.08. The van der Waals surface area contributed by atoms with Crippen LogP contribution in [0, 0.1) is 5.82 Å². The van der Waals surface area contributed by atoms with Crippen molar-refractivity contribution in [1.29, 1.82) is 0 Å². The first-order chi connectivity index (χ1) is 18.4. The molecule has 2 aliphatic rings. The Morgan fingerprint density at radius 2 is 1.87 bits per heavy atom. The molecule has 2 amide bonds. The molecule has 0 aromatic heterocycles. The van der Waals surface area contributed by atoms with Crippen LogP contribution in [0.1, 0.15) is 50.8 Å². The third kappa shape index (κ3) is 5.49. The summed E-state index contributed by atoms with van der Waals surface area (Å²) >= 11 is 0. The van der Waals surface area contributed by atoms with Gasteiger partial charge in [0, 0.05) is 11.9 Å². The Balaban J connectivity index is 1.57. The number of hydrogen-bond acceptors (Lipinski definition) is 6. The molecule has 0 aliphatic carbocycles. The summed E-state index contributed by atoms with van der Waals surface area (Å²) in [5, 5.41) is 0.640. The maximum absolute atomic E-state index is 16.3. The van der Waals surface area contributed by atoms with Crippen LogP contribution < -0.4 is 13.8 Å². The van der Waals surface area contributed by atoms with E-state index in [0.29, 0.717) is 28.2 Å². The van der Waals surface area contributed by atoms with Crippen molar-refractivity contribution in [3.05, 3.63) is 71.5 Å². The number of anilines is 1. The summed E-state index contributed by atoms with van der Waals surface area (Å²) in [6.07, 6.45) is 1.00. The fourth-order valence-electron chi connectivity index (χ4n) is 4.92. The fraction of sp³-hybridized carbons (Fsp3) is 0.357. The lowest BCUT2D eigenvalue weighted by Gasteiger charge is -2.29. The average Bonchev–Trinajstić information content (AvgIpc) is 3.46. The van der Waals surface area contributed by atoms with Gasteiger partial charge in [0.15, 0.2) is 5.82 Å². The highest BCUT2D eigenvalue weighted by atomic mass is 32.2. The van der Waals surface area contributed by atoms with Gasteiger partial charge in [-0.25, -0.2) is 18.2 Å². The Bertz CT molecular complexity index is 1540. The molecule has 1 unspecified atom stereocenters. The second-order valence-electron chi connectivity index (χ2n) is 10.7. The zero-order valence-corrected chi connectivity index (χ0v) is 22.8. The van der Waals surface area contributed by atoms with E-state index in [-0.39, 0.29) is 29.5 Å². The molecule has 3 aromatic rings. The number of carbonyl (C=O) groups excluding carboxylic acids is 2. The molecule has 1 N–H and O–H groups in total. The van der Waals surface area contributed by atoms with Crippen molar-refractivity contribution in [2.45, 2.75) is 51.9 Å². The summed E-state index contributed by atoms with van der Waals surface area (Å²) in [5.74, 6) is -1.61. The van der Waals surface area contributed by atoms with Crippen LogP contribution in [0.25, 0.3) is 10.8 Å². The lowest BCUT2D eigenvalue weighted by molar-refractivity contribution is -0.117. The molecule has 0 radical (unpaired) electrons. The number of likely N-dealkylation sites (tertiary alicyclic amines) is 1. The van der Waals surface area contributed by atoms with Gasteiger partial charge in [0.1, 0.15) is 30.2 Å². The molecule has 9 nitrogen and oxygen atoms in total. The van der Waals surface area contributed by atoms with E-state index >= 15 is 4.39 Å². The van der Waals surface area contributed by atoms with Crippen LogP contribution in [-0.4, -0.2) is 44.0 Å². The van der Waals surface area contributed by atoms with Gasteiger partial charge in [0.25, 0.3) is 5.91 Å². The number of rotatable bonds is 5. The van der Waals surface area contributed by atoms with Crippen molar-refractivity contribution in [3.63, 3.8) is 0 Å². The average molecular weight is 556 g/mol. The Morgan fingerprint density at radius 3 is 2.54 bits per heavy atom. The molecule has 2 fully saturated rings. The number of benzene rings is 3. The summed E-state index contributed by atoms with van der Waals surface area (Å²) in [5.41, 5.74) is 0.509. The van der Waals surface area contributed by atoms with Crippen LogP contribution in [-0.2, 0) is 26.3 Å². The standard InChI is InChI=1S/C28H30FN3O6S/c1-28(2,3)38-27(34)31-13-7-10-22(31)20-12-11-19-15-23(37-17-18-8-5-4-6-9-18)26(25(29)21(19)14-20)32-16-24(33)30-39(32,35)36/h4-6,8-9,11-12,14-15,22H,7,10,13,16-17H2,1-3H3,(H,30,33). The Morgan fingerprint density at radius 1 is 1.13 bits per heavy atom. The SMILES string of the molecule is CC(C)(C)OC(=O)N1CCCC1c1ccc2cc(OCc3ccccc3)c(N3CC(=O)NS3(=O)=O)c(F)c2c1. The number of hydrogen-bond donors (Lipinski definition) is 1. The maximum atomic E-state index is 16.3. The number of carbonyl (C=O) groups is 2. The molecule has 0 saturated carbocycles. The van der Waals surface area contributed by atoms with Crippen LogP contribution in [0.5, 0.6) is 5.75 Å². The lowest BCUT2D eigenvalue weighted by Crippen LogP contribution is -2.36. The normalized spacial score (nSPS) is 18.9. The van der Waals surface area contributed by atoms with Gasteiger partial charge >= 0.3 is 16.3 Å². The van der Waals surface area contributed by atoms with Gasteiger partial charge in [-0.2, -0.15) is 8.42 Å². The van der Waals surface area contributed by atoms with Gasteiger partial charge in [-0.05, 0) is 62.3 Å². The van der Waals surface area contributed by atoms with Crippen molar-refractivity contribution in [3.8, 4) is 5.75 Å². The second kappa shape index (κ2) is 10.0. The summed E-state index contributed by atoms with van der Waals surface area (Å²) in [7, 11) is -4.30. The zero-order valence-electron chi connectivity index (χ0n) is 21.9. The first-order valence-corrected chi connectivity index (χ1v) is 14.1. The van der Waals surface area contributed by atoms with Crippen molar-refractivity contribution >= 4 is 38.7 Å². The second-order valence-corrected chi connectivity index (χ2v) is 12.3. The maximum Gasteiger partial charge on any atom is 0.410 e. The van der Waals surface area contributed by atoms with Crippen molar-refractivity contribution in [2.75, 3.05) is 17.4 Å². The van der Waals surface area contributed by atoms with E-state index in [0.717, 1.165) is 12.0 Å². The summed E-state index contributed by atoms with van der Waals surface area (Å²) in [6, 6.07) is 15.6. The number of amides is 2. The molecule has 0 spiro atoms. The number of ether oxygens (including phenoxy) is 2. The number of fused-ring (bicyclic) bond motifs is 1. The molecule has 39 heavy (non-hydrogen) atoms. The van der Waals surface area contributed by atoms with Crippen LogP contribution in [0.2, 0.25) is 0 Å². The Hall–Kier alpha value is -3.86. The van der Waals surface area contributed by atoms with Gasteiger partial charge in [0.05, 0.1) is 6.04 Å². The third-order valence-corrected chi connectivity index (χ3v) is 7.99. The van der Waals surface area contributed by atoms with Crippen LogP contribution in [0.3, 0.4) is 0 Å². The minimum Gasteiger partial charge on any atom is -0.487 e. The van der Waals surface area contributed by atoms with Gasteiger partial charge in [-0.3, -0.25) is 4.79 Å². The van der Waals surface area contributed by atoms with Gasteiger partial charge in [0.2, 0.25) is 0 Å².